The van der Waals surface area contributed by atoms with Crippen molar-refractivity contribution in [3.63, 3.8) is 0 Å². The molecule has 4 rings (SSSR count). The first kappa shape index (κ1) is 35.4. The van der Waals surface area contributed by atoms with Crippen LogP contribution in [0.15, 0.2) is 97.3 Å². The minimum Gasteiger partial charge on any atom is -0.550 e. The van der Waals surface area contributed by atoms with E-state index in [4.69, 9.17) is 0 Å². The Morgan fingerprint density at radius 1 is 0.795 bits per heavy atom. The number of nitrogens with one attached hydrogen (secondary N) is 1. The van der Waals surface area contributed by atoms with Crippen molar-refractivity contribution in [1.29, 1.82) is 0 Å². The predicted molar refractivity (Wildman–Crippen MR) is 173 cm³/mol. The maximum atomic E-state index is 13.7. The fourth-order valence-electron chi connectivity index (χ4n) is 5.73. The fraction of sp³-hybridized carbons (Fsp3) is 0.368. The molecule has 1 heterocycles. The maximum absolute atomic E-state index is 13.7. The Morgan fingerprint density at radius 2 is 1.41 bits per heavy atom. The number of benzene rings is 3. The number of carboxylic acids is 1. The molecule has 0 bridgehead atoms. The van der Waals surface area contributed by atoms with Gasteiger partial charge in [-0.2, -0.15) is 0 Å². The van der Waals surface area contributed by atoms with Crippen molar-refractivity contribution in [3.05, 3.63) is 125 Å². The molecule has 4 aromatic rings. The van der Waals surface area contributed by atoms with Gasteiger partial charge in [-0.15, -0.1) is 0 Å². The van der Waals surface area contributed by atoms with E-state index in [1.165, 1.54) is 11.1 Å². The van der Waals surface area contributed by atoms with Gasteiger partial charge in [-0.25, -0.2) is 0 Å². The van der Waals surface area contributed by atoms with Crippen LogP contribution in [0.25, 0.3) is 0 Å². The van der Waals surface area contributed by atoms with E-state index < -0.39 is 5.97 Å². The number of aromatic nitrogens is 1. The molecular formula is C38H45N2NaO3. The molecule has 44 heavy (non-hydrogen) atoms. The summed E-state index contributed by atoms with van der Waals surface area (Å²) in [7, 11) is 0. The van der Waals surface area contributed by atoms with Crippen LogP contribution in [0.5, 0.6) is 0 Å². The van der Waals surface area contributed by atoms with Crippen LogP contribution >= 0.6 is 0 Å². The summed E-state index contributed by atoms with van der Waals surface area (Å²) in [6.07, 6.45) is 11.1. The molecule has 0 fully saturated rings. The molecule has 0 unspecified atom stereocenters. The Labute approximate surface area is 285 Å². The van der Waals surface area contributed by atoms with Gasteiger partial charge >= 0.3 is 29.6 Å². The molecule has 0 saturated heterocycles. The molecule has 0 atom stereocenters. The van der Waals surface area contributed by atoms with Crippen LogP contribution in [0.4, 0.5) is 5.69 Å². The third-order valence-corrected chi connectivity index (χ3v) is 8.14. The number of aryl methyl sites for hydroxylation is 3. The van der Waals surface area contributed by atoms with Crippen LogP contribution in [-0.2, 0) is 24.2 Å². The van der Waals surface area contributed by atoms with Crippen LogP contribution in [0.3, 0.4) is 0 Å². The van der Waals surface area contributed by atoms with E-state index in [-0.39, 0.29) is 47.7 Å². The minimum atomic E-state index is -1.05. The Bertz CT molecular complexity index is 1390. The van der Waals surface area contributed by atoms with Crippen molar-refractivity contribution >= 4 is 17.4 Å². The van der Waals surface area contributed by atoms with E-state index in [0.29, 0.717) is 30.0 Å². The zero-order valence-corrected chi connectivity index (χ0v) is 28.6. The SMILES string of the molecule is CC(C)c1cn(CCCC(=O)[O-])cc1C(=O)c1cccc(NCC(CCCc2ccccc2)CCCc2ccccc2)c1.[Na+]. The Hall–Kier alpha value is -3.12. The molecule has 0 amide bonds. The Balaban J connectivity index is 0.00000529. The number of nitrogens with zero attached hydrogens (tertiary/aromatic N) is 1. The summed E-state index contributed by atoms with van der Waals surface area (Å²) in [5, 5.41) is 14.5. The quantitative estimate of drug-likeness (QED) is 0.135. The van der Waals surface area contributed by atoms with E-state index in [2.05, 4.69) is 79.8 Å². The van der Waals surface area contributed by atoms with Gasteiger partial charge in [0.2, 0.25) is 0 Å². The fourth-order valence-corrected chi connectivity index (χ4v) is 5.73. The maximum Gasteiger partial charge on any atom is 1.00 e. The van der Waals surface area contributed by atoms with Gasteiger partial charge in [-0.1, -0.05) is 86.6 Å². The van der Waals surface area contributed by atoms with Gasteiger partial charge in [0.25, 0.3) is 0 Å². The largest absolute Gasteiger partial charge is 1.00 e. The molecule has 1 N–H and O–H groups in total. The number of hydrogen-bond donors (Lipinski definition) is 1. The van der Waals surface area contributed by atoms with E-state index in [1.807, 2.05) is 41.2 Å². The standard InChI is InChI=1S/C38H46N2O3.Na/c1-29(2)35-27-40(24-12-23-37(41)42)28-36(35)38(43)33-21-11-22-34(25-33)39-26-32(19-9-17-30-13-5-3-6-14-30)20-10-18-31-15-7-4-8-16-31;/h3-8,11,13-16,21-22,25,27-29,32,39H,9-10,12,17-20,23-24,26H2,1-2H3,(H,41,42);/q;+1/p-1. The molecule has 0 aliphatic heterocycles. The summed E-state index contributed by atoms with van der Waals surface area (Å²) in [5.41, 5.74) is 6.05. The molecular weight excluding hydrogens is 555 g/mol. The van der Waals surface area contributed by atoms with Crippen LogP contribution < -0.4 is 40.0 Å². The predicted octanol–water partition coefficient (Wildman–Crippen LogP) is 4.45. The van der Waals surface area contributed by atoms with Gasteiger partial charge in [0, 0.05) is 48.3 Å². The van der Waals surface area contributed by atoms with Gasteiger partial charge in [0.15, 0.2) is 5.78 Å². The summed E-state index contributed by atoms with van der Waals surface area (Å²) in [6, 6.07) is 29.2. The molecule has 3 aromatic carbocycles. The summed E-state index contributed by atoms with van der Waals surface area (Å²) >= 11 is 0. The van der Waals surface area contributed by atoms with Gasteiger partial charge in [-0.3, -0.25) is 4.79 Å². The molecule has 0 aliphatic rings. The molecule has 0 spiro atoms. The second-order valence-electron chi connectivity index (χ2n) is 11.9. The summed E-state index contributed by atoms with van der Waals surface area (Å²) in [6.45, 7) is 5.56. The first-order valence-electron chi connectivity index (χ1n) is 15.7. The normalized spacial score (nSPS) is 11.0. The molecule has 5 nitrogen and oxygen atoms in total. The molecule has 0 radical (unpaired) electrons. The second-order valence-corrected chi connectivity index (χ2v) is 11.9. The molecule has 0 aliphatic carbocycles. The van der Waals surface area contributed by atoms with Crippen LogP contribution in [0, 0.1) is 5.92 Å². The smallest absolute Gasteiger partial charge is 0.550 e. The number of carbonyl (C=O) groups excluding carboxylic acids is 2. The van der Waals surface area contributed by atoms with Gasteiger partial charge in [0.05, 0.1) is 0 Å². The Kier molecular flexibility index (Phi) is 15.0. The second kappa shape index (κ2) is 18.6. The first-order valence-corrected chi connectivity index (χ1v) is 15.7. The number of rotatable bonds is 18. The van der Waals surface area contributed by atoms with Crippen molar-refractivity contribution < 1.29 is 44.3 Å². The number of aliphatic carboxylic acids is 1. The summed E-state index contributed by atoms with van der Waals surface area (Å²) < 4.78 is 1.93. The van der Waals surface area contributed by atoms with Crippen LogP contribution in [-0.4, -0.2) is 22.9 Å². The van der Waals surface area contributed by atoms with Gasteiger partial charge < -0.3 is 19.8 Å². The number of hydrogen-bond acceptors (Lipinski definition) is 4. The van der Waals surface area contributed by atoms with Crippen LogP contribution in [0.1, 0.15) is 90.9 Å². The third-order valence-electron chi connectivity index (χ3n) is 8.14. The van der Waals surface area contributed by atoms with E-state index in [9.17, 15) is 14.7 Å². The van der Waals surface area contributed by atoms with Crippen molar-refractivity contribution in [1.82, 2.24) is 4.57 Å². The zero-order valence-electron chi connectivity index (χ0n) is 26.6. The van der Waals surface area contributed by atoms with E-state index >= 15 is 0 Å². The number of carbonyl (C=O) groups is 2. The Morgan fingerprint density at radius 3 is 1.98 bits per heavy atom. The molecule has 6 heteroatoms. The van der Waals surface area contributed by atoms with E-state index in [0.717, 1.165) is 56.3 Å². The third kappa shape index (κ3) is 11.4. The van der Waals surface area contributed by atoms with Crippen molar-refractivity contribution in [2.75, 3.05) is 11.9 Å². The van der Waals surface area contributed by atoms with Gasteiger partial charge in [0.1, 0.15) is 0 Å². The zero-order chi connectivity index (χ0) is 30.4. The van der Waals surface area contributed by atoms with Crippen LogP contribution in [0.2, 0.25) is 0 Å². The van der Waals surface area contributed by atoms with Crippen molar-refractivity contribution in [2.24, 2.45) is 5.92 Å². The number of anilines is 1. The number of carboxylic acid groups (broad SMARTS) is 1. The average molecular weight is 601 g/mol. The monoisotopic (exact) mass is 600 g/mol. The van der Waals surface area contributed by atoms with Crippen molar-refractivity contribution in [3.8, 4) is 0 Å². The first-order chi connectivity index (χ1) is 20.9. The average Bonchev–Trinajstić information content (AvgIpc) is 3.45. The molecule has 1 aromatic heterocycles. The number of ketones is 1. The summed E-state index contributed by atoms with van der Waals surface area (Å²) in [4.78, 5) is 24.5. The summed E-state index contributed by atoms with van der Waals surface area (Å²) in [5.74, 6) is -0.343. The van der Waals surface area contributed by atoms with Gasteiger partial charge in [-0.05, 0) is 92.0 Å². The van der Waals surface area contributed by atoms with E-state index in [1.54, 1.807) is 0 Å². The minimum absolute atomic E-state index is 0. The molecule has 226 valence electrons. The van der Waals surface area contributed by atoms with Crippen molar-refractivity contribution in [2.45, 2.75) is 77.7 Å². The topological polar surface area (TPSA) is 74.2 Å². The molecule has 0 saturated carbocycles.